The fourth-order valence-electron chi connectivity index (χ4n) is 0.834. The SMILES string of the molecule is CON=C(C)c1csc(NC(=O)CCl)n1. The molecule has 7 heteroatoms. The number of nitrogens with zero attached hydrogens (tertiary/aromatic N) is 2. The van der Waals surface area contributed by atoms with Crippen LogP contribution in [0.5, 0.6) is 0 Å². The minimum Gasteiger partial charge on any atom is -0.399 e. The number of amides is 1. The van der Waals surface area contributed by atoms with Crippen LogP contribution in [0.2, 0.25) is 0 Å². The second-order valence-electron chi connectivity index (χ2n) is 2.58. The van der Waals surface area contributed by atoms with Crippen molar-refractivity contribution in [3.8, 4) is 0 Å². The van der Waals surface area contributed by atoms with Crippen LogP contribution in [0.15, 0.2) is 10.5 Å². The number of oxime groups is 1. The summed E-state index contributed by atoms with van der Waals surface area (Å²) >= 11 is 6.65. The van der Waals surface area contributed by atoms with Crippen LogP contribution in [-0.4, -0.2) is 29.6 Å². The molecule has 0 atom stereocenters. The summed E-state index contributed by atoms with van der Waals surface area (Å²) < 4.78 is 0. The normalized spacial score (nSPS) is 11.3. The van der Waals surface area contributed by atoms with Gasteiger partial charge in [0.2, 0.25) is 5.91 Å². The van der Waals surface area contributed by atoms with Gasteiger partial charge in [-0.25, -0.2) is 4.98 Å². The van der Waals surface area contributed by atoms with Crippen LogP contribution < -0.4 is 5.32 Å². The van der Waals surface area contributed by atoms with E-state index in [9.17, 15) is 4.79 Å². The number of carbonyl (C=O) groups is 1. The standard InChI is InChI=1S/C8H10ClN3O2S/c1-5(12-14-2)6-4-15-8(10-6)11-7(13)3-9/h4H,3H2,1-2H3,(H,10,11,13). The molecule has 0 fully saturated rings. The van der Waals surface area contributed by atoms with Gasteiger partial charge in [0.1, 0.15) is 24.4 Å². The molecule has 0 radical (unpaired) electrons. The Hall–Kier alpha value is -1.14. The lowest BCUT2D eigenvalue weighted by Gasteiger charge is -1.96. The molecule has 0 unspecified atom stereocenters. The van der Waals surface area contributed by atoms with Gasteiger partial charge < -0.3 is 10.2 Å². The monoisotopic (exact) mass is 247 g/mol. The van der Waals surface area contributed by atoms with Crippen molar-refractivity contribution in [1.82, 2.24) is 4.98 Å². The minimum absolute atomic E-state index is 0.0833. The second-order valence-corrected chi connectivity index (χ2v) is 3.70. The summed E-state index contributed by atoms with van der Waals surface area (Å²) in [5.41, 5.74) is 1.33. The smallest absolute Gasteiger partial charge is 0.241 e. The molecule has 1 amide bonds. The highest BCUT2D eigenvalue weighted by Crippen LogP contribution is 2.16. The number of anilines is 1. The highest BCUT2D eigenvalue weighted by atomic mass is 35.5. The van der Waals surface area contributed by atoms with Crippen LogP contribution >= 0.6 is 22.9 Å². The maximum atomic E-state index is 11.0. The highest BCUT2D eigenvalue weighted by molar-refractivity contribution is 7.14. The van der Waals surface area contributed by atoms with Crippen molar-refractivity contribution < 1.29 is 9.63 Å². The lowest BCUT2D eigenvalue weighted by Crippen LogP contribution is -2.12. The van der Waals surface area contributed by atoms with Gasteiger partial charge in [-0.2, -0.15) is 0 Å². The molecule has 1 N–H and O–H groups in total. The Morgan fingerprint density at radius 3 is 3.13 bits per heavy atom. The molecule has 0 aromatic carbocycles. The predicted octanol–water partition coefficient (Wildman–Crippen LogP) is 1.69. The van der Waals surface area contributed by atoms with E-state index in [-0.39, 0.29) is 11.8 Å². The fraction of sp³-hybridized carbons (Fsp3) is 0.375. The first-order valence-corrected chi connectivity index (χ1v) is 5.48. The van der Waals surface area contributed by atoms with E-state index >= 15 is 0 Å². The molecule has 0 aliphatic heterocycles. The van der Waals surface area contributed by atoms with Gasteiger partial charge in [-0.3, -0.25) is 4.79 Å². The summed E-state index contributed by atoms with van der Waals surface area (Å²) in [5, 5.41) is 8.56. The largest absolute Gasteiger partial charge is 0.399 e. The van der Waals surface area contributed by atoms with Gasteiger partial charge >= 0.3 is 0 Å². The van der Waals surface area contributed by atoms with Crippen LogP contribution in [0.3, 0.4) is 0 Å². The zero-order valence-corrected chi connectivity index (χ0v) is 9.85. The summed E-state index contributed by atoms with van der Waals surface area (Å²) in [4.78, 5) is 19.7. The molecule has 0 saturated carbocycles. The Morgan fingerprint density at radius 1 is 1.80 bits per heavy atom. The van der Waals surface area contributed by atoms with Gasteiger partial charge in [-0.05, 0) is 6.92 Å². The molecular formula is C8H10ClN3O2S. The summed E-state index contributed by atoms with van der Waals surface area (Å²) in [6.07, 6.45) is 0. The zero-order chi connectivity index (χ0) is 11.3. The molecule has 1 rings (SSSR count). The number of aromatic nitrogens is 1. The van der Waals surface area contributed by atoms with E-state index in [2.05, 4.69) is 20.3 Å². The Labute approximate surface area is 96.1 Å². The van der Waals surface area contributed by atoms with E-state index in [1.54, 1.807) is 12.3 Å². The Kier molecular flexibility index (Phi) is 4.51. The summed E-state index contributed by atoms with van der Waals surface area (Å²) in [5.74, 6) is -0.362. The third-order valence-electron chi connectivity index (χ3n) is 1.47. The number of carbonyl (C=O) groups excluding carboxylic acids is 1. The van der Waals surface area contributed by atoms with E-state index < -0.39 is 0 Å². The van der Waals surface area contributed by atoms with Crippen molar-refractivity contribution in [2.75, 3.05) is 18.3 Å². The quantitative estimate of drug-likeness (QED) is 0.500. The van der Waals surface area contributed by atoms with Crippen molar-refractivity contribution >= 4 is 39.7 Å². The van der Waals surface area contributed by atoms with Crippen molar-refractivity contribution in [2.24, 2.45) is 5.16 Å². The van der Waals surface area contributed by atoms with Crippen molar-refractivity contribution in [3.05, 3.63) is 11.1 Å². The van der Waals surface area contributed by atoms with Gasteiger partial charge in [0.15, 0.2) is 5.13 Å². The number of hydrogen-bond acceptors (Lipinski definition) is 5. The summed E-state index contributed by atoms with van der Waals surface area (Å²) in [7, 11) is 1.46. The molecule has 0 bridgehead atoms. The third-order valence-corrected chi connectivity index (χ3v) is 2.47. The topological polar surface area (TPSA) is 63.6 Å². The average molecular weight is 248 g/mol. The maximum absolute atomic E-state index is 11.0. The number of hydrogen-bond donors (Lipinski definition) is 1. The molecule has 5 nitrogen and oxygen atoms in total. The van der Waals surface area contributed by atoms with Gasteiger partial charge in [0, 0.05) is 5.38 Å². The van der Waals surface area contributed by atoms with E-state index in [0.717, 1.165) is 0 Å². The molecule has 0 spiro atoms. The highest BCUT2D eigenvalue weighted by Gasteiger charge is 2.07. The van der Waals surface area contributed by atoms with E-state index in [4.69, 9.17) is 11.6 Å². The fourth-order valence-corrected chi connectivity index (χ4v) is 1.67. The van der Waals surface area contributed by atoms with E-state index in [0.29, 0.717) is 16.5 Å². The zero-order valence-electron chi connectivity index (χ0n) is 8.28. The van der Waals surface area contributed by atoms with E-state index in [1.165, 1.54) is 18.4 Å². The van der Waals surface area contributed by atoms with E-state index in [1.807, 2.05) is 0 Å². The summed E-state index contributed by atoms with van der Waals surface area (Å²) in [6.45, 7) is 1.77. The van der Waals surface area contributed by atoms with Crippen LogP contribution in [-0.2, 0) is 9.63 Å². The first-order valence-electron chi connectivity index (χ1n) is 4.07. The van der Waals surface area contributed by atoms with Gasteiger partial charge in [0.05, 0.1) is 0 Å². The van der Waals surface area contributed by atoms with Crippen LogP contribution in [0, 0.1) is 0 Å². The first-order chi connectivity index (χ1) is 7.17. The number of nitrogens with one attached hydrogen (secondary N) is 1. The molecule has 1 aromatic rings. The Balaban J connectivity index is 2.72. The van der Waals surface area contributed by atoms with Gasteiger partial charge in [-0.1, -0.05) is 5.16 Å². The molecular weight excluding hydrogens is 238 g/mol. The van der Waals surface area contributed by atoms with Crippen molar-refractivity contribution in [1.29, 1.82) is 0 Å². The predicted molar refractivity (Wildman–Crippen MR) is 60.7 cm³/mol. The summed E-state index contributed by atoms with van der Waals surface area (Å²) in [6, 6.07) is 0. The first kappa shape index (κ1) is 11.9. The number of halogens is 1. The number of thiazole rings is 1. The average Bonchev–Trinajstić information content (AvgIpc) is 2.66. The van der Waals surface area contributed by atoms with Crippen LogP contribution in [0.1, 0.15) is 12.6 Å². The molecule has 0 aliphatic carbocycles. The third kappa shape index (κ3) is 3.49. The van der Waals surface area contributed by atoms with Crippen LogP contribution in [0.25, 0.3) is 0 Å². The molecule has 0 saturated heterocycles. The van der Waals surface area contributed by atoms with Gasteiger partial charge in [-0.15, -0.1) is 22.9 Å². The van der Waals surface area contributed by atoms with Crippen LogP contribution in [0.4, 0.5) is 5.13 Å². The molecule has 82 valence electrons. The minimum atomic E-state index is -0.279. The lowest BCUT2D eigenvalue weighted by atomic mass is 10.3. The van der Waals surface area contributed by atoms with Gasteiger partial charge in [0.25, 0.3) is 0 Å². The lowest BCUT2D eigenvalue weighted by molar-refractivity contribution is -0.113. The maximum Gasteiger partial charge on any atom is 0.241 e. The van der Waals surface area contributed by atoms with Crippen molar-refractivity contribution in [3.63, 3.8) is 0 Å². The number of rotatable bonds is 4. The molecule has 1 aromatic heterocycles. The molecule has 0 aliphatic rings. The number of alkyl halides is 1. The molecule has 1 heterocycles. The Morgan fingerprint density at radius 2 is 2.53 bits per heavy atom. The Bertz CT molecular complexity index is 378. The molecule has 15 heavy (non-hydrogen) atoms. The van der Waals surface area contributed by atoms with Crippen molar-refractivity contribution in [2.45, 2.75) is 6.92 Å². The second kappa shape index (κ2) is 5.67.